The number of benzene rings is 11. The Kier molecular flexibility index (Phi) is 8.48. The Morgan fingerprint density at radius 2 is 0.790 bits per heavy atom. The predicted octanol–water partition coefficient (Wildman–Crippen LogP) is 16.8. The van der Waals surface area contributed by atoms with Gasteiger partial charge in [0.1, 0.15) is 5.82 Å². The lowest BCUT2D eigenvalue weighted by atomic mass is 9.81. The highest BCUT2D eigenvalue weighted by molar-refractivity contribution is 6.29. The summed E-state index contributed by atoms with van der Waals surface area (Å²) in [4.78, 5) is 0. The fourth-order valence-electron chi connectivity index (χ4n) is 9.32. The highest BCUT2D eigenvalue weighted by atomic mass is 19.4. The molecule has 62 heavy (non-hydrogen) atoms. The van der Waals surface area contributed by atoms with E-state index in [1.807, 2.05) is 97.1 Å². The molecule has 0 fully saturated rings. The summed E-state index contributed by atoms with van der Waals surface area (Å²) in [5.74, 6) is -4.63. The van der Waals surface area contributed by atoms with Crippen LogP contribution in [-0.4, -0.2) is 0 Å². The number of halogens is 7. The van der Waals surface area contributed by atoms with E-state index >= 15 is 4.39 Å². The Hall–Kier alpha value is -7.51. The zero-order valence-electron chi connectivity index (χ0n) is 32.4. The van der Waals surface area contributed by atoms with E-state index in [-0.39, 0.29) is 5.56 Å². The zero-order chi connectivity index (χ0) is 42.4. The summed E-state index contributed by atoms with van der Waals surface area (Å²) in [7, 11) is 0. The first-order valence-electron chi connectivity index (χ1n) is 19.9. The summed E-state index contributed by atoms with van der Waals surface area (Å²) < 4.78 is 101. The maximum Gasteiger partial charge on any atom is 0.416 e. The van der Waals surface area contributed by atoms with Gasteiger partial charge in [-0.1, -0.05) is 115 Å². The lowest BCUT2D eigenvalue weighted by molar-refractivity contribution is -0.137. The monoisotopic (exact) mass is 822 g/mol. The van der Waals surface area contributed by atoms with Crippen LogP contribution in [-0.2, 0) is 6.18 Å². The highest BCUT2D eigenvalue weighted by Crippen LogP contribution is 2.50. The lowest BCUT2D eigenvalue weighted by Crippen LogP contribution is -2.04. The fraction of sp³-hybridized carbons (Fsp3) is 0.0182. The van der Waals surface area contributed by atoms with Crippen LogP contribution in [0.25, 0.3) is 109 Å². The van der Waals surface area contributed by atoms with E-state index in [4.69, 9.17) is 0 Å². The molecule has 0 amide bonds. The van der Waals surface area contributed by atoms with Gasteiger partial charge in [-0.15, -0.1) is 0 Å². The summed E-state index contributed by atoms with van der Waals surface area (Å²) in [5, 5.41) is 10.0. The molecule has 0 nitrogen and oxygen atoms in total. The minimum Gasteiger partial charge on any atom is -0.207 e. The molecule has 0 saturated carbocycles. The molecule has 0 radical (unpaired) electrons. The van der Waals surface area contributed by atoms with Gasteiger partial charge in [0.2, 0.25) is 0 Å². The van der Waals surface area contributed by atoms with E-state index in [1.165, 1.54) is 18.2 Å². The first-order valence-corrected chi connectivity index (χ1v) is 19.9. The van der Waals surface area contributed by atoms with Gasteiger partial charge in [0.15, 0.2) is 17.5 Å². The smallest absolute Gasteiger partial charge is 0.207 e. The van der Waals surface area contributed by atoms with Crippen LogP contribution in [0.2, 0.25) is 0 Å². The third-order valence-electron chi connectivity index (χ3n) is 12.1. The molecule has 0 bridgehead atoms. The van der Waals surface area contributed by atoms with Crippen LogP contribution in [0.4, 0.5) is 30.7 Å². The van der Waals surface area contributed by atoms with Gasteiger partial charge in [0.05, 0.1) is 5.56 Å². The Balaban J connectivity index is 1.35. The molecule has 0 aliphatic heterocycles. The molecule has 11 aromatic carbocycles. The molecule has 0 atom stereocenters. The number of rotatable bonds is 4. The Morgan fingerprint density at radius 3 is 1.39 bits per heavy atom. The van der Waals surface area contributed by atoms with Gasteiger partial charge in [-0.3, -0.25) is 0 Å². The summed E-state index contributed by atoms with van der Waals surface area (Å²) in [6.45, 7) is 0. The minimum atomic E-state index is -4.56. The summed E-state index contributed by atoms with van der Waals surface area (Å²) in [6, 6.07) is 50.8. The van der Waals surface area contributed by atoms with Crippen LogP contribution < -0.4 is 0 Å². The Morgan fingerprint density at radius 1 is 0.306 bits per heavy atom. The molecule has 11 rings (SSSR count). The summed E-state index contributed by atoms with van der Waals surface area (Å²) >= 11 is 0. The molecule has 0 aliphatic rings. The van der Waals surface area contributed by atoms with Crippen molar-refractivity contribution < 1.29 is 30.7 Å². The lowest BCUT2D eigenvalue weighted by Gasteiger charge is -2.22. The molecule has 11 aromatic rings. The molecule has 0 unspecified atom stereocenters. The number of hydrogen-bond acceptors (Lipinski definition) is 0. The Labute approximate surface area is 349 Å². The topological polar surface area (TPSA) is 0 Å². The van der Waals surface area contributed by atoms with Crippen molar-refractivity contribution in [1.82, 2.24) is 0 Å². The molecule has 0 spiro atoms. The van der Waals surface area contributed by atoms with Crippen LogP contribution in [0.5, 0.6) is 0 Å². The van der Waals surface area contributed by atoms with Gasteiger partial charge in [0, 0.05) is 0 Å². The molecule has 0 aromatic heterocycles. The third kappa shape index (κ3) is 5.98. The van der Waals surface area contributed by atoms with Crippen LogP contribution in [0, 0.1) is 23.3 Å². The average Bonchev–Trinajstić information content (AvgIpc) is 3.28. The van der Waals surface area contributed by atoms with Crippen molar-refractivity contribution in [1.29, 1.82) is 0 Å². The fourth-order valence-corrected chi connectivity index (χ4v) is 9.32. The van der Waals surface area contributed by atoms with Crippen LogP contribution in [0.15, 0.2) is 176 Å². The van der Waals surface area contributed by atoms with E-state index in [9.17, 15) is 26.3 Å². The van der Waals surface area contributed by atoms with Crippen molar-refractivity contribution in [2.24, 2.45) is 0 Å². The largest absolute Gasteiger partial charge is 0.416 e. The highest BCUT2D eigenvalue weighted by Gasteiger charge is 2.31. The summed E-state index contributed by atoms with van der Waals surface area (Å²) in [5.41, 5.74) is 3.79. The second kappa shape index (κ2) is 14.0. The Bertz CT molecular complexity index is 3650. The first-order chi connectivity index (χ1) is 30.0. The van der Waals surface area contributed by atoms with Gasteiger partial charge in [-0.25, -0.2) is 17.6 Å². The minimum absolute atomic E-state index is 0.130. The number of hydrogen-bond donors (Lipinski definition) is 0. The van der Waals surface area contributed by atoms with E-state index in [0.717, 1.165) is 95.0 Å². The van der Waals surface area contributed by atoms with E-state index in [0.29, 0.717) is 32.8 Å². The molecule has 298 valence electrons. The molecule has 0 heterocycles. The zero-order valence-corrected chi connectivity index (χ0v) is 32.4. The second-order valence-electron chi connectivity index (χ2n) is 15.6. The van der Waals surface area contributed by atoms with Gasteiger partial charge in [-0.2, -0.15) is 13.2 Å². The van der Waals surface area contributed by atoms with E-state index in [1.54, 1.807) is 18.2 Å². The van der Waals surface area contributed by atoms with Gasteiger partial charge < -0.3 is 0 Å². The van der Waals surface area contributed by atoms with Crippen molar-refractivity contribution >= 4 is 64.6 Å². The first kappa shape index (κ1) is 37.5. The van der Waals surface area contributed by atoms with Crippen molar-refractivity contribution in [3.8, 4) is 44.5 Å². The van der Waals surface area contributed by atoms with Gasteiger partial charge in [-0.05, 0) is 170 Å². The van der Waals surface area contributed by atoms with Crippen molar-refractivity contribution in [2.75, 3.05) is 0 Å². The predicted molar refractivity (Wildman–Crippen MR) is 238 cm³/mol. The van der Waals surface area contributed by atoms with Gasteiger partial charge >= 0.3 is 6.18 Å². The quantitative estimate of drug-likeness (QED) is 0.0718. The third-order valence-corrected chi connectivity index (χ3v) is 12.1. The molecule has 7 heteroatoms. The average molecular weight is 823 g/mol. The molecular weight excluding hydrogens is 794 g/mol. The van der Waals surface area contributed by atoms with Crippen molar-refractivity contribution in [3.63, 3.8) is 0 Å². The molecule has 0 N–H and O–H groups in total. The number of fused-ring (bicyclic) bond motifs is 8. The maximum atomic E-state index is 15.0. The van der Waals surface area contributed by atoms with Crippen LogP contribution in [0.1, 0.15) is 5.56 Å². The summed E-state index contributed by atoms with van der Waals surface area (Å²) in [6.07, 6.45) is -4.56. The second-order valence-corrected chi connectivity index (χ2v) is 15.6. The molecule has 0 aliphatic carbocycles. The normalized spacial score (nSPS) is 12.1. The standard InChI is InChI=1S/C55H29F7/c56-37-18-21-39-35(23-37)27-47(43-15-6-4-13-41(39)43)53-45-20-17-32(34-28-50(57)54(59)51(58)29-34)25-49(45)52(46-26-33-8-1-2-11-38(33)40-12-3-5-14-42(40)46)44-19-16-31(24-48(44)53)30-9-7-10-36(22-30)55(60,61)62/h1-29H. The number of alkyl halides is 3. The molecular formula is C55H29F7. The van der Waals surface area contributed by atoms with E-state index < -0.39 is 35.0 Å². The van der Waals surface area contributed by atoms with E-state index in [2.05, 4.69) is 18.2 Å². The van der Waals surface area contributed by atoms with Crippen LogP contribution >= 0.6 is 0 Å². The van der Waals surface area contributed by atoms with Crippen molar-refractivity contribution in [2.45, 2.75) is 6.18 Å². The van der Waals surface area contributed by atoms with Crippen LogP contribution in [0.3, 0.4) is 0 Å². The SMILES string of the molecule is Fc1ccc2c(c1)cc(-c1c3ccc(-c4cc(F)c(F)c(F)c4)cc3c(-c3cc4ccccc4c4ccccc34)c3ccc(-c4cccc(C(F)(F)F)c4)cc13)c1ccccc12. The molecule has 0 saturated heterocycles. The van der Waals surface area contributed by atoms with Gasteiger partial charge in [0.25, 0.3) is 0 Å². The maximum absolute atomic E-state index is 15.0. The van der Waals surface area contributed by atoms with Crippen molar-refractivity contribution in [3.05, 3.63) is 205 Å².